The summed E-state index contributed by atoms with van der Waals surface area (Å²) >= 11 is 5.84. The van der Waals surface area contributed by atoms with Gasteiger partial charge in [0.1, 0.15) is 5.75 Å². The van der Waals surface area contributed by atoms with Gasteiger partial charge in [0.25, 0.3) is 5.91 Å². The first-order valence-corrected chi connectivity index (χ1v) is 6.37. The van der Waals surface area contributed by atoms with Crippen molar-refractivity contribution in [3.63, 3.8) is 0 Å². The predicted molar refractivity (Wildman–Crippen MR) is 80.5 cm³/mol. The van der Waals surface area contributed by atoms with E-state index in [4.69, 9.17) is 16.3 Å². The molecule has 1 amide bonds. The van der Waals surface area contributed by atoms with Crippen LogP contribution in [0.2, 0.25) is 5.02 Å². The summed E-state index contributed by atoms with van der Waals surface area (Å²) in [5.41, 5.74) is 0.919. The van der Waals surface area contributed by atoms with E-state index in [9.17, 15) is 4.79 Å². The number of ether oxygens (including phenoxy) is 1. The van der Waals surface area contributed by atoms with Gasteiger partial charge in [-0.1, -0.05) is 18.5 Å². The Hall–Kier alpha value is -0.970. The Balaban J connectivity index is 0.00000324. The molecule has 1 rings (SSSR count). The van der Waals surface area contributed by atoms with Crippen LogP contribution in [-0.4, -0.2) is 32.1 Å². The molecule has 0 aliphatic heterocycles. The van der Waals surface area contributed by atoms with Crippen LogP contribution < -0.4 is 15.4 Å². The number of hydrogen-bond acceptors (Lipinski definition) is 3. The maximum absolute atomic E-state index is 11.5. The molecule has 4 nitrogen and oxygen atoms in total. The molecule has 0 saturated heterocycles. The van der Waals surface area contributed by atoms with Crippen molar-refractivity contribution in [1.29, 1.82) is 0 Å². The van der Waals surface area contributed by atoms with E-state index >= 15 is 0 Å². The molecule has 0 atom stereocenters. The summed E-state index contributed by atoms with van der Waals surface area (Å²) < 4.78 is 5.42. The van der Waals surface area contributed by atoms with Gasteiger partial charge in [-0.05, 0) is 37.2 Å². The van der Waals surface area contributed by atoms with Crippen LogP contribution in [-0.2, 0) is 4.79 Å². The average Bonchev–Trinajstić information content (AvgIpc) is 2.33. The molecule has 1 aromatic carbocycles. The first-order chi connectivity index (χ1) is 8.63. The number of nitrogens with one attached hydrogen (secondary N) is 2. The van der Waals surface area contributed by atoms with Crippen LogP contribution in [0.5, 0.6) is 5.75 Å². The quantitative estimate of drug-likeness (QED) is 0.759. The largest absolute Gasteiger partial charge is 0.484 e. The van der Waals surface area contributed by atoms with Gasteiger partial charge in [-0.25, -0.2) is 0 Å². The normalized spacial score (nSPS) is 9.63. The zero-order chi connectivity index (χ0) is 13.4. The van der Waals surface area contributed by atoms with E-state index in [-0.39, 0.29) is 24.9 Å². The summed E-state index contributed by atoms with van der Waals surface area (Å²) in [5.74, 6) is 0.559. The van der Waals surface area contributed by atoms with Crippen LogP contribution in [0.1, 0.15) is 12.5 Å². The molecule has 108 valence electrons. The van der Waals surface area contributed by atoms with E-state index in [1.165, 1.54) is 0 Å². The van der Waals surface area contributed by atoms with E-state index in [0.29, 0.717) is 17.3 Å². The third-order valence-corrected chi connectivity index (χ3v) is 2.60. The van der Waals surface area contributed by atoms with Gasteiger partial charge in [0.2, 0.25) is 0 Å². The standard InChI is InChI=1S/C13H19ClN2O2.ClH/c1-3-15-6-7-16-13(17)9-18-12-5-4-11(14)8-10(12)2;/h4-5,8,15H,3,6-7,9H2,1-2H3,(H,16,17);1H. The molecular weight excluding hydrogens is 287 g/mol. The first-order valence-electron chi connectivity index (χ1n) is 6.00. The predicted octanol–water partition coefficient (Wildman–Crippen LogP) is 2.17. The monoisotopic (exact) mass is 306 g/mol. The highest BCUT2D eigenvalue weighted by Crippen LogP contribution is 2.21. The second-order valence-corrected chi connectivity index (χ2v) is 4.34. The molecule has 0 bridgehead atoms. The maximum atomic E-state index is 11.5. The molecule has 1 aromatic rings. The average molecular weight is 307 g/mol. The molecule has 0 unspecified atom stereocenters. The maximum Gasteiger partial charge on any atom is 0.257 e. The summed E-state index contributed by atoms with van der Waals surface area (Å²) in [4.78, 5) is 11.5. The fourth-order valence-corrected chi connectivity index (χ4v) is 1.66. The number of aryl methyl sites for hydroxylation is 1. The highest BCUT2D eigenvalue weighted by atomic mass is 35.5. The summed E-state index contributed by atoms with van der Waals surface area (Å²) in [6.45, 7) is 6.21. The smallest absolute Gasteiger partial charge is 0.257 e. The molecule has 19 heavy (non-hydrogen) atoms. The minimum Gasteiger partial charge on any atom is -0.484 e. The van der Waals surface area contributed by atoms with Gasteiger partial charge in [0, 0.05) is 18.1 Å². The van der Waals surface area contributed by atoms with Crippen molar-refractivity contribution < 1.29 is 9.53 Å². The summed E-state index contributed by atoms with van der Waals surface area (Å²) in [7, 11) is 0. The molecule has 0 heterocycles. The lowest BCUT2D eigenvalue weighted by atomic mass is 10.2. The van der Waals surface area contributed by atoms with Crippen molar-refractivity contribution in [3.05, 3.63) is 28.8 Å². The molecule has 2 N–H and O–H groups in total. The van der Waals surface area contributed by atoms with Crippen molar-refractivity contribution in [2.45, 2.75) is 13.8 Å². The number of carbonyl (C=O) groups is 1. The van der Waals surface area contributed by atoms with Crippen molar-refractivity contribution in [2.24, 2.45) is 0 Å². The third kappa shape index (κ3) is 7.25. The van der Waals surface area contributed by atoms with Crippen molar-refractivity contribution in [3.8, 4) is 5.75 Å². The summed E-state index contributed by atoms with van der Waals surface area (Å²) in [6.07, 6.45) is 0. The van der Waals surface area contributed by atoms with Gasteiger partial charge in [0.05, 0.1) is 0 Å². The number of amides is 1. The minimum absolute atomic E-state index is 0. The fourth-order valence-electron chi connectivity index (χ4n) is 1.44. The Bertz CT molecular complexity index is 400. The van der Waals surface area contributed by atoms with Crippen LogP contribution in [0.25, 0.3) is 0 Å². The first kappa shape index (κ1) is 18.0. The van der Waals surface area contributed by atoms with Crippen LogP contribution >= 0.6 is 24.0 Å². The third-order valence-electron chi connectivity index (χ3n) is 2.37. The van der Waals surface area contributed by atoms with E-state index in [2.05, 4.69) is 10.6 Å². The van der Waals surface area contributed by atoms with Crippen LogP contribution in [0.4, 0.5) is 0 Å². The van der Waals surface area contributed by atoms with Crippen LogP contribution in [0.3, 0.4) is 0 Å². The SMILES string of the molecule is CCNCCNC(=O)COc1ccc(Cl)cc1C.Cl. The van der Waals surface area contributed by atoms with E-state index < -0.39 is 0 Å². The molecule has 0 fully saturated rings. The Labute approximate surface area is 125 Å². The Morgan fingerprint density at radius 1 is 1.37 bits per heavy atom. The Morgan fingerprint density at radius 3 is 2.74 bits per heavy atom. The second kappa shape index (κ2) is 9.89. The second-order valence-electron chi connectivity index (χ2n) is 3.90. The van der Waals surface area contributed by atoms with Crippen LogP contribution in [0.15, 0.2) is 18.2 Å². The minimum atomic E-state index is -0.123. The fraction of sp³-hybridized carbons (Fsp3) is 0.462. The Morgan fingerprint density at radius 2 is 2.11 bits per heavy atom. The summed E-state index contributed by atoms with van der Waals surface area (Å²) in [5, 5.41) is 6.55. The van der Waals surface area contributed by atoms with Gasteiger partial charge in [-0.2, -0.15) is 0 Å². The van der Waals surface area contributed by atoms with Crippen molar-refractivity contribution in [1.82, 2.24) is 10.6 Å². The van der Waals surface area contributed by atoms with Gasteiger partial charge in [0.15, 0.2) is 6.61 Å². The number of carbonyl (C=O) groups excluding carboxylic acids is 1. The Kier molecular flexibility index (Phi) is 9.39. The number of rotatable bonds is 7. The van der Waals surface area contributed by atoms with Crippen molar-refractivity contribution >= 4 is 29.9 Å². The zero-order valence-corrected chi connectivity index (χ0v) is 12.7. The number of likely N-dealkylation sites (N-methyl/N-ethyl adjacent to an activating group) is 1. The number of hydrogen-bond donors (Lipinski definition) is 2. The van der Waals surface area contributed by atoms with Gasteiger partial charge >= 0.3 is 0 Å². The molecule has 0 aromatic heterocycles. The molecule has 0 aliphatic rings. The summed E-state index contributed by atoms with van der Waals surface area (Å²) in [6, 6.07) is 5.32. The molecule has 0 spiro atoms. The highest BCUT2D eigenvalue weighted by molar-refractivity contribution is 6.30. The van der Waals surface area contributed by atoms with Crippen LogP contribution in [0, 0.1) is 6.92 Å². The van der Waals surface area contributed by atoms with E-state index in [1.807, 2.05) is 13.8 Å². The molecule has 0 aliphatic carbocycles. The molecule has 0 radical (unpaired) electrons. The zero-order valence-electron chi connectivity index (χ0n) is 11.2. The number of benzene rings is 1. The molecule has 6 heteroatoms. The van der Waals surface area contributed by atoms with Gasteiger partial charge < -0.3 is 15.4 Å². The van der Waals surface area contributed by atoms with E-state index in [1.54, 1.807) is 18.2 Å². The molecular formula is C13H20Cl2N2O2. The topological polar surface area (TPSA) is 50.4 Å². The lowest BCUT2D eigenvalue weighted by Gasteiger charge is -2.09. The lowest BCUT2D eigenvalue weighted by Crippen LogP contribution is -2.34. The number of halogens is 2. The molecule has 0 saturated carbocycles. The van der Waals surface area contributed by atoms with Crippen molar-refractivity contribution in [2.75, 3.05) is 26.2 Å². The lowest BCUT2D eigenvalue weighted by molar-refractivity contribution is -0.123. The highest BCUT2D eigenvalue weighted by Gasteiger charge is 2.04. The van der Waals surface area contributed by atoms with Gasteiger partial charge in [-0.15, -0.1) is 12.4 Å². The van der Waals surface area contributed by atoms with Gasteiger partial charge in [-0.3, -0.25) is 4.79 Å². The van der Waals surface area contributed by atoms with E-state index in [0.717, 1.165) is 18.7 Å².